The van der Waals surface area contributed by atoms with E-state index in [1.54, 1.807) is 6.08 Å². The molecule has 0 aromatic heterocycles. The van der Waals surface area contributed by atoms with Crippen molar-refractivity contribution < 1.29 is 85.5 Å². The van der Waals surface area contributed by atoms with Gasteiger partial charge in [-0.1, -0.05) is 19.4 Å². The van der Waals surface area contributed by atoms with Crippen LogP contribution in [0.4, 0.5) is 0 Å². The molecule has 5 aliphatic rings. The second kappa shape index (κ2) is 7.97. The molecule has 32 heavy (non-hydrogen) atoms. The van der Waals surface area contributed by atoms with Crippen LogP contribution >= 0.6 is 0 Å². The number of hydrogen-bond acceptors (Lipinski definition) is 7. The Morgan fingerprint density at radius 3 is 2.69 bits per heavy atom. The van der Waals surface area contributed by atoms with Gasteiger partial charge in [0.05, 0.1) is 24.7 Å². The molecule has 0 amide bonds. The first-order valence-corrected chi connectivity index (χ1v) is 11.4. The van der Waals surface area contributed by atoms with Crippen LogP contribution in [0.15, 0.2) is 11.6 Å². The Labute approximate surface area is 231 Å². The number of methoxy groups -OCH3 is 1. The first-order chi connectivity index (χ1) is 14.5. The Morgan fingerprint density at radius 1 is 1.31 bits per heavy atom. The molecule has 0 bridgehead atoms. The second-order valence-corrected chi connectivity index (χ2v) is 10.9. The van der Waals surface area contributed by atoms with Crippen molar-refractivity contribution in [2.24, 2.45) is 28.6 Å². The Kier molecular flexibility index (Phi) is 6.23. The molecule has 1 saturated heterocycles. The molecule has 0 aromatic carbocycles. The number of carboxylic acids is 1. The molecule has 0 aromatic rings. The molecule has 3 saturated carbocycles. The molecule has 1 heterocycles. The van der Waals surface area contributed by atoms with Crippen LogP contribution in [0.3, 0.4) is 0 Å². The number of esters is 1. The van der Waals surface area contributed by atoms with Crippen LogP contribution in [-0.2, 0) is 23.9 Å². The van der Waals surface area contributed by atoms with Gasteiger partial charge in [0.25, 0.3) is 0 Å². The summed E-state index contributed by atoms with van der Waals surface area (Å²) >= 11 is 0. The minimum atomic E-state index is -1.16. The van der Waals surface area contributed by atoms with Gasteiger partial charge in [0, 0.05) is 29.1 Å². The molecule has 0 radical (unpaired) electrons. The maximum atomic E-state index is 13.0. The van der Waals surface area contributed by atoms with Gasteiger partial charge >= 0.3 is 57.4 Å². The minimum Gasteiger partial charge on any atom is -0.550 e. The van der Waals surface area contributed by atoms with Crippen LogP contribution in [0.25, 0.3) is 0 Å². The largest absolute Gasteiger partial charge is 1.00 e. The van der Waals surface area contributed by atoms with Crippen molar-refractivity contribution >= 4 is 17.7 Å². The number of carboxylic acid groups (broad SMARTS) is 1. The standard InChI is InChI=1S/C24H32O7.K/c1-21-7-4-14(25)10-13(21)11-15(20(28)30-3)19-16-5-8-23(29,9-6-18(26)27)22(16,2)12-17-24(19,21)31-17;/h10,15-17,19,29H,4-9,11-12H2,1-3H3,(H,26,27);/q;+1/p-1/t15-,16+,17?,19+,21+,22+,23-,24?;/m1./s1. The van der Waals surface area contributed by atoms with Crippen molar-refractivity contribution in [3.05, 3.63) is 11.6 Å². The molecule has 5 rings (SSSR count). The van der Waals surface area contributed by atoms with Gasteiger partial charge in [-0.2, -0.15) is 0 Å². The van der Waals surface area contributed by atoms with E-state index in [1.807, 2.05) is 6.92 Å². The zero-order chi connectivity index (χ0) is 22.4. The SMILES string of the molecule is COC(=O)[C@@H]1CC2=CC(=O)CC[C@]2(C)C23OC2C[C@@]2(C)[C@@H](CC[C@@]2(O)CCC(=O)[O-])[C@H]13.[K+]. The van der Waals surface area contributed by atoms with Crippen LogP contribution < -0.4 is 56.5 Å². The minimum absolute atomic E-state index is 0. The quantitative estimate of drug-likeness (QED) is 0.296. The van der Waals surface area contributed by atoms with Crippen LogP contribution in [0.5, 0.6) is 0 Å². The average Bonchev–Trinajstić information content (AvgIpc) is 3.38. The summed E-state index contributed by atoms with van der Waals surface area (Å²) in [7, 11) is 1.39. The summed E-state index contributed by atoms with van der Waals surface area (Å²) in [4.78, 5) is 36.3. The predicted molar refractivity (Wildman–Crippen MR) is 106 cm³/mol. The van der Waals surface area contributed by atoms with Gasteiger partial charge in [-0.15, -0.1) is 0 Å². The Hall–Kier alpha value is -0.0936. The fourth-order valence-corrected chi connectivity index (χ4v) is 8.22. The van der Waals surface area contributed by atoms with Crippen LogP contribution in [0, 0.1) is 28.6 Å². The van der Waals surface area contributed by atoms with E-state index in [9.17, 15) is 24.6 Å². The van der Waals surface area contributed by atoms with Gasteiger partial charge in [0.2, 0.25) is 0 Å². The first kappa shape index (κ1) is 25.0. The van der Waals surface area contributed by atoms with Crippen molar-refractivity contribution in [1.82, 2.24) is 0 Å². The second-order valence-electron chi connectivity index (χ2n) is 10.9. The molecule has 170 valence electrons. The number of epoxide rings is 1. The van der Waals surface area contributed by atoms with E-state index < -0.39 is 28.5 Å². The number of carbonyl (C=O) groups excluding carboxylic acids is 3. The van der Waals surface area contributed by atoms with Crippen molar-refractivity contribution in [2.45, 2.75) is 82.5 Å². The van der Waals surface area contributed by atoms with Crippen molar-refractivity contribution in [1.29, 1.82) is 0 Å². The van der Waals surface area contributed by atoms with E-state index in [4.69, 9.17) is 9.47 Å². The summed E-state index contributed by atoms with van der Waals surface area (Å²) in [6, 6.07) is 0. The molecule has 2 unspecified atom stereocenters. The van der Waals surface area contributed by atoms with Gasteiger partial charge in [0.15, 0.2) is 5.78 Å². The monoisotopic (exact) mass is 470 g/mol. The summed E-state index contributed by atoms with van der Waals surface area (Å²) in [5.74, 6) is -1.91. The van der Waals surface area contributed by atoms with Gasteiger partial charge < -0.3 is 24.5 Å². The molecule has 1 spiro atoms. The molecular formula is C24H31KO7. The summed E-state index contributed by atoms with van der Waals surface area (Å²) in [6.45, 7) is 4.21. The van der Waals surface area contributed by atoms with Crippen molar-refractivity contribution in [2.75, 3.05) is 7.11 Å². The van der Waals surface area contributed by atoms with Crippen molar-refractivity contribution in [3.8, 4) is 0 Å². The Morgan fingerprint density at radius 2 is 2.03 bits per heavy atom. The number of hydrogen-bond donors (Lipinski definition) is 1. The van der Waals surface area contributed by atoms with Crippen LogP contribution in [0.2, 0.25) is 0 Å². The zero-order valence-corrected chi connectivity index (χ0v) is 22.6. The fraction of sp³-hybridized carbons (Fsp3) is 0.792. The third-order valence-electron chi connectivity index (χ3n) is 9.94. The molecule has 1 N–H and O–H groups in total. The van der Waals surface area contributed by atoms with E-state index in [2.05, 4.69) is 6.92 Å². The zero-order valence-electron chi connectivity index (χ0n) is 19.4. The van der Waals surface area contributed by atoms with Crippen LogP contribution in [-0.4, -0.2) is 47.2 Å². The molecular weight excluding hydrogens is 439 g/mol. The van der Waals surface area contributed by atoms with E-state index >= 15 is 0 Å². The molecule has 4 fully saturated rings. The number of fused-ring (bicyclic) bond motifs is 3. The maximum Gasteiger partial charge on any atom is 1.00 e. The van der Waals surface area contributed by atoms with E-state index in [0.29, 0.717) is 38.5 Å². The smallest absolute Gasteiger partial charge is 0.550 e. The van der Waals surface area contributed by atoms with E-state index in [1.165, 1.54) is 7.11 Å². The van der Waals surface area contributed by atoms with Gasteiger partial charge in [-0.25, -0.2) is 0 Å². The summed E-state index contributed by atoms with van der Waals surface area (Å²) < 4.78 is 11.7. The first-order valence-electron chi connectivity index (χ1n) is 11.4. The number of aliphatic carboxylic acids is 1. The molecule has 8 atom stereocenters. The topological polar surface area (TPSA) is 116 Å². The number of ketones is 1. The maximum absolute atomic E-state index is 13.0. The summed E-state index contributed by atoms with van der Waals surface area (Å²) in [5, 5.41) is 22.7. The number of ether oxygens (including phenoxy) is 2. The average molecular weight is 471 g/mol. The normalized spacial score (nSPS) is 48.2. The van der Waals surface area contributed by atoms with Gasteiger partial charge in [0.1, 0.15) is 5.60 Å². The Bertz CT molecular complexity index is 901. The number of carbonyl (C=O) groups is 3. The third kappa shape index (κ3) is 3.09. The molecule has 7 nitrogen and oxygen atoms in total. The molecule has 1 aliphatic heterocycles. The molecule has 4 aliphatic carbocycles. The van der Waals surface area contributed by atoms with Crippen molar-refractivity contribution in [3.63, 3.8) is 0 Å². The van der Waals surface area contributed by atoms with E-state index in [-0.39, 0.29) is 99.3 Å². The fourth-order valence-electron chi connectivity index (χ4n) is 8.22. The van der Waals surface area contributed by atoms with E-state index in [0.717, 1.165) is 5.57 Å². The number of aliphatic hydroxyl groups is 1. The van der Waals surface area contributed by atoms with Crippen LogP contribution in [0.1, 0.15) is 65.2 Å². The molecule has 8 heteroatoms. The third-order valence-corrected chi connectivity index (χ3v) is 9.94. The predicted octanol–water partition coefficient (Wildman–Crippen LogP) is -1.69. The summed E-state index contributed by atoms with van der Waals surface area (Å²) in [5.41, 5.74) is -1.53. The van der Waals surface area contributed by atoms with Gasteiger partial charge in [-0.05, 0) is 56.9 Å². The number of rotatable bonds is 4. The Balaban J connectivity index is 0.00000245. The summed E-state index contributed by atoms with van der Waals surface area (Å²) in [6.07, 6.45) is 5.06. The van der Waals surface area contributed by atoms with Gasteiger partial charge in [-0.3, -0.25) is 9.59 Å².